The Hall–Kier alpha value is -1.03. The monoisotopic (exact) mass is 376 g/mol. The number of hydrogen-bond donors (Lipinski definition) is 0. The van der Waals surface area contributed by atoms with Gasteiger partial charge in [0.05, 0.1) is 0 Å². The molecular weight excluding hydrogens is 348 g/mol. The molecule has 0 aliphatic heterocycles. The second-order valence-electron chi connectivity index (χ2n) is 7.14. The maximum absolute atomic E-state index is 6.79. The zero-order valence-corrected chi connectivity index (χ0v) is 18.5. The minimum atomic E-state index is -2.60. The Balaban J connectivity index is 2.44. The second kappa shape index (κ2) is 7.47. The Labute approximate surface area is 149 Å². The molecule has 0 saturated carbocycles. The Morgan fingerprint density at radius 1 is 0.583 bits per heavy atom. The third kappa shape index (κ3) is 4.75. The Kier molecular flexibility index (Phi) is 6.00. The van der Waals surface area contributed by atoms with Gasteiger partial charge in [0.2, 0.25) is 0 Å². The molecule has 0 spiro atoms. The summed E-state index contributed by atoms with van der Waals surface area (Å²) < 4.78 is 19.4. The largest absolute Gasteiger partial charge is 0.433 e. The first-order chi connectivity index (χ1) is 11.2. The summed E-state index contributed by atoms with van der Waals surface area (Å²) in [5, 5.41) is 2.28. The predicted octanol–water partition coefficient (Wildman–Crippen LogP) is 3.46. The number of rotatable bonds is 7. The van der Waals surface area contributed by atoms with Crippen LogP contribution in [0.3, 0.4) is 0 Å². The van der Waals surface area contributed by atoms with Gasteiger partial charge < -0.3 is 12.7 Å². The average molecular weight is 377 g/mol. The molecule has 0 amide bonds. The molecule has 0 radical (unpaired) electrons. The first-order valence-corrected chi connectivity index (χ1v) is 16.3. The molecule has 6 heteroatoms. The van der Waals surface area contributed by atoms with Crippen LogP contribution in [0.5, 0.6) is 0 Å². The molecule has 0 saturated heterocycles. The Morgan fingerprint density at radius 3 is 1.38 bits per heavy atom. The van der Waals surface area contributed by atoms with E-state index < -0.39 is 25.4 Å². The molecule has 0 N–H and O–H groups in total. The number of benzene rings is 2. The lowest BCUT2D eigenvalue weighted by molar-refractivity contribution is 0.290. The lowest BCUT2D eigenvalue weighted by Crippen LogP contribution is -2.65. The average Bonchev–Trinajstić information content (AvgIpc) is 2.54. The first kappa shape index (κ1) is 19.3. The van der Waals surface area contributed by atoms with Gasteiger partial charge in [0.1, 0.15) is 0 Å². The fourth-order valence-corrected chi connectivity index (χ4v) is 14.6. The second-order valence-corrected chi connectivity index (χ2v) is 18.3. The van der Waals surface area contributed by atoms with Gasteiger partial charge in [-0.2, -0.15) is 0 Å². The van der Waals surface area contributed by atoms with Crippen molar-refractivity contribution in [1.82, 2.24) is 0 Å². The van der Waals surface area contributed by atoms with E-state index in [-0.39, 0.29) is 0 Å². The van der Waals surface area contributed by atoms with Crippen LogP contribution in [-0.2, 0) is 12.7 Å². The summed E-state index contributed by atoms with van der Waals surface area (Å²) in [6, 6.07) is 20.6. The molecular formula is C18H28O3Si3. The summed E-state index contributed by atoms with van der Waals surface area (Å²) in [5.74, 6) is 0. The molecule has 3 nitrogen and oxygen atoms in total. The molecule has 0 aromatic heterocycles. The summed E-state index contributed by atoms with van der Waals surface area (Å²) in [6.07, 6.45) is 0. The van der Waals surface area contributed by atoms with Crippen molar-refractivity contribution >= 4 is 35.8 Å². The van der Waals surface area contributed by atoms with E-state index in [2.05, 4.69) is 57.0 Å². The molecule has 0 aliphatic rings. The van der Waals surface area contributed by atoms with Crippen LogP contribution in [0.4, 0.5) is 0 Å². The first-order valence-electron chi connectivity index (χ1n) is 8.25. The minimum Gasteiger partial charge on any atom is -0.433 e. The van der Waals surface area contributed by atoms with Crippen molar-refractivity contribution in [1.29, 1.82) is 0 Å². The lowest BCUT2D eigenvalue weighted by Gasteiger charge is -2.40. The highest BCUT2D eigenvalue weighted by Crippen LogP contribution is 2.21. The SMILES string of the molecule is CO[Si](C)(O[Si](C)(O[Si](C)(C)C)c1ccccc1)c1ccccc1. The van der Waals surface area contributed by atoms with Gasteiger partial charge in [-0.3, -0.25) is 0 Å². The molecule has 24 heavy (non-hydrogen) atoms. The highest BCUT2D eigenvalue weighted by atomic mass is 28.5. The summed E-state index contributed by atoms with van der Waals surface area (Å²) in [4.78, 5) is 0. The Bertz CT molecular complexity index is 646. The highest BCUT2D eigenvalue weighted by Gasteiger charge is 2.47. The normalized spacial score (nSPS) is 17.1. The molecule has 0 heterocycles. The van der Waals surface area contributed by atoms with Crippen molar-refractivity contribution in [3.63, 3.8) is 0 Å². The van der Waals surface area contributed by atoms with Gasteiger partial charge in [0.25, 0.3) is 0 Å². The van der Waals surface area contributed by atoms with Gasteiger partial charge in [-0.15, -0.1) is 0 Å². The zero-order valence-electron chi connectivity index (χ0n) is 15.5. The predicted molar refractivity (Wildman–Crippen MR) is 108 cm³/mol. The van der Waals surface area contributed by atoms with E-state index in [9.17, 15) is 0 Å². The van der Waals surface area contributed by atoms with Crippen LogP contribution in [0.2, 0.25) is 32.7 Å². The van der Waals surface area contributed by atoms with E-state index in [4.69, 9.17) is 12.7 Å². The third-order valence-electron chi connectivity index (χ3n) is 3.88. The standard InChI is InChI=1S/C18H28O3Si3/c1-19-23(5,17-13-9-7-10-14-17)21-24(6,20-22(2,3)4)18-15-11-8-12-16-18/h7-16H,1-6H3. The van der Waals surface area contributed by atoms with E-state index in [0.717, 1.165) is 10.4 Å². The fraction of sp³-hybridized carbons (Fsp3) is 0.333. The summed E-state index contributed by atoms with van der Waals surface area (Å²) in [6.45, 7) is 10.9. The van der Waals surface area contributed by atoms with Crippen LogP contribution in [0.15, 0.2) is 60.7 Å². The van der Waals surface area contributed by atoms with Crippen LogP contribution >= 0.6 is 0 Å². The van der Waals surface area contributed by atoms with Gasteiger partial charge in [-0.05, 0) is 43.1 Å². The third-order valence-corrected chi connectivity index (χ3v) is 14.5. The van der Waals surface area contributed by atoms with Crippen molar-refractivity contribution < 1.29 is 12.7 Å². The van der Waals surface area contributed by atoms with E-state index in [0.29, 0.717) is 0 Å². The molecule has 0 bridgehead atoms. The molecule has 2 rings (SSSR count). The van der Waals surface area contributed by atoms with Crippen molar-refractivity contribution in [2.75, 3.05) is 7.11 Å². The Morgan fingerprint density at radius 2 is 1.00 bits per heavy atom. The van der Waals surface area contributed by atoms with Gasteiger partial charge in [-0.25, -0.2) is 0 Å². The van der Waals surface area contributed by atoms with E-state index in [1.807, 2.05) is 36.4 Å². The smallest absolute Gasteiger partial charge is 0.360 e. The van der Waals surface area contributed by atoms with Crippen molar-refractivity contribution in [2.45, 2.75) is 32.7 Å². The van der Waals surface area contributed by atoms with E-state index >= 15 is 0 Å². The summed E-state index contributed by atoms with van der Waals surface area (Å²) >= 11 is 0. The van der Waals surface area contributed by atoms with Crippen molar-refractivity contribution in [3.8, 4) is 0 Å². The van der Waals surface area contributed by atoms with Crippen molar-refractivity contribution in [3.05, 3.63) is 60.7 Å². The summed E-state index contributed by atoms with van der Waals surface area (Å²) in [7, 11) is -5.20. The molecule has 2 unspecified atom stereocenters. The van der Waals surface area contributed by atoms with Gasteiger partial charge >= 0.3 is 17.1 Å². The highest BCUT2D eigenvalue weighted by molar-refractivity contribution is 6.96. The van der Waals surface area contributed by atoms with Gasteiger partial charge in [0.15, 0.2) is 8.32 Å². The molecule has 0 fully saturated rings. The molecule has 0 aliphatic carbocycles. The summed E-state index contributed by atoms with van der Waals surface area (Å²) in [5.41, 5.74) is 0. The number of hydrogen-bond acceptors (Lipinski definition) is 3. The van der Waals surface area contributed by atoms with Crippen LogP contribution in [-0.4, -0.2) is 32.5 Å². The topological polar surface area (TPSA) is 27.7 Å². The molecule has 2 aromatic rings. The zero-order chi connectivity index (χ0) is 17.8. The maximum Gasteiger partial charge on any atom is 0.360 e. The maximum atomic E-state index is 6.79. The van der Waals surface area contributed by atoms with Crippen LogP contribution in [0.1, 0.15) is 0 Å². The molecule has 130 valence electrons. The quantitative estimate of drug-likeness (QED) is 0.693. The lowest BCUT2D eigenvalue weighted by atomic mass is 10.4. The molecule has 2 atom stereocenters. The molecule has 2 aromatic carbocycles. The van der Waals surface area contributed by atoms with E-state index in [1.54, 1.807) is 7.11 Å². The van der Waals surface area contributed by atoms with Crippen LogP contribution < -0.4 is 10.4 Å². The van der Waals surface area contributed by atoms with Gasteiger partial charge in [0, 0.05) is 7.11 Å². The van der Waals surface area contributed by atoms with Crippen molar-refractivity contribution in [2.24, 2.45) is 0 Å². The van der Waals surface area contributed by atoms with Crippen LogP contribution in [0, 0.1) is 0 Å². The van der Waals surface area contributed by atoms with E-state index in [1.165, 1.54) is 0 Å². The van der Waals surface area contributed by atoms with Gasteiger partial charge in [-0.1, -0.05) is 60.7 Å². The van der Waals surface area contributed by atoms with Crippen LogP contribution in [0.25, 0.3) is 0 Å². The fourth-order valence-electron chi connectivity index (χ4n) is 2.79. The minimum absolute atomic E-state index is 1.13.